The van der Waals surface area contributed by atoms with Crippen molar-refractivity contribution in [3.8, 4) is 5.75 Å². The Balaban J connectivity index is 1.61. The highest BCUT2D eigenvalue weighted by molar-refractivity contribution is 5.97. The third-order valence-corrected chi connectivity index (χ3v) is 4.59. The normalized spacial score (nSPS) is 29.7. The number of ether oxygens (including phenoxy) is 1. The van der Waals surface area contributed by atoms with Gasteiger partial charge < -0.3 is 15.7 Å². The van der Waals surface area contributed by atoms with Crippen molar-refractivity contribution in [2.75, 3.05) is 6.61 Å². The van der Waals surface area contributed by atoms with E-state index in [2.05, 4.69) is 5.16 Å². The Morgan fingerprint density at radius 3 is 2.95 bits per heavy atom. The maximum absolute atomic E-state index is 8.68. The summed E-state index contributed by atoms with van der Waals surface area (Å²) < 4.78 is 5.89. The van der Waals surface area contributed by atoms with Crippen LogP contribution in [-0.2, 0) is 0 Å². The van der Waals surface area contributed by atoms with E-state index >= 15 is 0 Å². The molecule has 4 nitrogen and oxygen atoms in total. The van der Waals surface area contributed by atoms with E-state index in [0.29, 0.717) is 11.5 Å². The standard InChI is InChI=1S/C15H20N2O2/c16-15(17-18)12-2-1-3-14(8-12)19-9-13-7-10-4-5-11(13)6-10/h1-3,8,10-11,13,18H,4-7,9H2,(H2,16,17). The van der Waals surface area contributed by atoms with Gasteiger partial charge in [-0.15, -0.1) is 0 Å². The molecule has 1 aromatic rings. The molecule has 102 valence electrons. The van der Waals surface area contributed by atoms with Crippen LogP contribution in [0.15, 0.2) is 29.4 Å². The van der Waals surface area contributed by atoms with E-state index in [4.69, 9.17) is 15.7 Å². The van der Waals surface area contributed by atoms with Gasteiger partial charge >= 0.3 is 0 Å². The fourth-order valence-electron chi connectivity index (χ4n) is 3.59. The second-order valence-electron chi connectivity index (χ2n) is 5.76. The lowest BCUT2D eigenvalue weighted by Gasteiger charge is -2.21. The lowest BCUT2D eigenvalue weighted by atomic mass is 9.89. The summed E-state index contributed by atoms with van der Waals surface area (Å²) in [6, 6.07) is 7.41. The van der Waals surface area contributed by atoms with Crippen molar-refractivity contribution in [2.45, 2.75) is 25.7 Å². The monoisotopic (exact) mass is 260 g/mol. The van der Waals surface area contributed by atoms with Gasteiger partial charge in [-0.25, -0.2) is 0 Å². The van der Waals surface area contributed by atoms with Crippen LogP contribution in [0, 0.1) is 17.8 Å². The number of nitrogens with two attached hydrogens (primary N) is 1. The first-order valence-corrected chi connectivity index (χ1v) is 6.97. The number of oxime groups is 1. The van der Waals surface area contributed by atoms with Crippen molar-refractivity contribution in [1.82, 2.24) is 0 Å². The van der Waals surface area contributed by atoms with Gasteiger partial charge in [-0.2, -0.15) is 0 Å². The van der Waals surface area contributed by atoms with Gasteiger partial charge in [-0.05, 0) is 49.1 Å². The molecule has 0 radical (unpaired) electrons. The zero-order valence-corrected chi connectivity index (χ0v) is 11.0. The van der Waals surface area contributed by atoms with E-state index in [1.54, 1.807) is 6.07 Å². The van der Waals surface area contributed by atoms with E-state index in [1.807, 2.05) is 18.2 Å². The smallest absolute Gasteiger partial charge is 0.170 e. The molecule has 3 N–H and O–H groups in total. The topological polar surface area (TPSA) is 67.8 Å². The molecule has 0 heterocycles. The zero-order chi connectivity index (χ0) is 13.2. The second kappa shape index (κ2) is 5.11. The van der Waals surface area contributed by atoms with E-state index in [0.717, 1.165) is 24.2 Å². The average molecular weight is 260 g/mol. The number of fused-ring (bicyclic) bond motifs is 2. The molecule has 3 unspecified atom stereocenters. The molecule has 2 aliphatic rings. The van der Waals surface area contributed by atoms with Gasteiger partial charge in [0.25, 0.3) is 0 Å². The lowest BCUT2D eigenvalue weighted by molar-refractivity contribution is 0.195. The van der Waals surface area contributed by atoms with Crippen molar-refractivity contribution in [3.63, 3.8) is 0 Å². The molecular weight excluding hydrogens is 240 g/mol. The molecule has 2 bridgehead atoms. The number of rotatable bonds is 4. The van der Waals surface area contributed by atoms with Crippen LogP contribution in [0.2, 0.25) is 0 Å². The molecule has 0 amide bonds. The predicted octanol–water partition coefficient (Wildman–Crippen LogP) is 2.60. The SMILES string of the molecule is NC(=NO)c1cccc(OCC2CC3CCC2C3)c1. The Morgan fingerprint density at radius 1 is 1.37 bits per heavy atom. The molecule has 0 spiro atoms. The highest BCUT2D eigenvalue weighted by atomic mass is 16.5. The number of nitrogens with zero attached hydrogens (tertiary/aromatic N) is 1. The highest BCUT2D eigenvalue weighted by Crippen LogP contribution is 2.48. The maximum Gasteiger partial charge on any atom is 0.170 e. The number of hydrogen-bond acceptors (Lipinski definition) is 3. The largest absolute Gasteiger partial charge is 0.493 e. The summed E-state index contributed by atoms with van der Waals surface area (Å²) in [5.74, 6) is 3.45. The Labute approximate surface area is 113 Å². The Morgan fingerprint density at radius 2 is 2.26 bits per heavy atom. The van der Waals surface area contributed by atoms with Gasteiger partial charge in [0.05, 0.1) is 6.61 Å². The van der Waals surface area contributed by atoms with E-state index in [9.17, 15) is 0 Å². The number of hydrogen-bond donors (Lipinski definition) is 2. The molecule has 2 aliphatic carbocycles. The molecule has 3 rings (SSSR count). The predicted molar refractivity (Wildman–Crippen MR) is 73.4 cm³/mol. The van der Waals surface area contributed by atoms with Crippen LogP contribution in [0.25, 0.3) is 0 Å². The van der Waals surface area contributed by atoms with Crippen molar-refractivity contribution < 1.29 is 9.94 Å². The third-order valence-electron chi connectivity index (χ3n) is 4.59. The molecule has 0 saturated heterocycles. The molecule has 4 heteroatoms. The molecule has 1 aromatic carbocycles. The molecular formula is C15H20N2O2. The summed E-state index contributed by atoms with van der Waals surface area (Å²) in [5, 5.41) is 11.7. The van der Waals surface area contributed by atoms with Crippen LogP contribution in [0.1, 0.15) is 31.2 Å². The van der Waals surface area contributed by atoms with Crippen LogP contribution < -0.4 is 10.5 Å². The first-order chi connectivity index (χ1) is 9.26. The minimum Gasteiger partial charge on any atom is -0.493 e. The van der Waals surface area contributed by atoms with E-state index < -0.39 is 0 Å². The van der Waals surface area contributed by atoms with Gasteiger partial charge in [-0.1, -0.05) is 23.7 Å². The highest BCUT2D eigenvalue weighted by Gasteiger charge is 2.39. The Bertz CT molecular complexity index is 487. The molecule has 0 aromatic heterocycles. The zero-order valence-electron chi connectivity index (χ0n) is 11.0. The first-order valence-electron chi connectivity index (χ1n) is 6.97. The van der Waals surface area contributed by atoms with Gasteiger partial charge in [0.2, 0.25) is 0 Å². The van der Waals surface area contributed by atoms with Gasteiger partial charge in [0.1, 0.15) is 5.75 Å². The average Bonchev–Trinajstić information content (AvgIpc) is 3.07. The molecule has 3 atom stereocenters. The van der Waals surface area contributed by atoms with Crippen molar-refractivity contribution >= 4 is 5.84 Å². The molecule has 2 saturated carbocycles. The molecule has 2 fully saturated rings. The van der Waals surface area contributed by atoms with Crippen LogP contribution in [0.4, 0.5) is 0 Å². The number of amidine groups is 1. The molecule has 0 aliphatic heterocycles. The quantitative estimate of drug-likeness (QED) is 0.378. The second-order valence-corrected chi connectivity index (χ2v) is 5.76. The van der Waals surface area contributed by atoms with E-state index in [1.165, 1.54) is 25.7 Å². The van der Waals surface area contributed by atoms with Crippen molar-refractivity contribution in [2.24, 2.45) is 28.6 Å². The van der Waals surface area contributed by atoms with Crippen LogP contribution in [0.3, 0.4) is 0 Å². The minimum atomic E-state index is 0.116. The van der Waals surface area contributed by atoms with Crippen LogP contribution in [0.5, 0.6) is 5.75 Å². The van der Waals surface area contributed by atoms with Crippen molar-refractivity contribution in [1.29, 1.82) is 0 Å². The minimum absolute atomic E-state index is 0.116. The fourth-order valence-corrected chi connectivity index (χ4v) is 3.59. The summed E-state index contributed by atoms with van der Waals surface area (Å²) in [4.78, 5) is 0. The summed E-state index contributed by atoms with van der Waals surface area (Å²) in [6.07, 6.45) is 5.52. The summed E-state index contributed by atoms with van der Waals surface area (Å²) in [7, 11) is 0. The maximum atomic E-state index is 8.68. The molecule has 19 heavy (non-hydrogen) atoms. The summed E-state index contributed by atoms with van der Waals surface area (Å²) >= 11 is 0. The van der Waals surface area contributed by atoms with Gasteiger partial charge in [-0.3, -0.25) is 0 Å². The third kappa shape index (κ3) is 2.53. The lowest BCUT2D eigenvalue weighted by Crippen LogP contribution is -2.19. The summed E-state index contributed by atoms with van der Waals surface area (Å²) in [5.41, 5.74) is 6.26. The summed E-state index contributed by atoms with van der Waals surface area (Å²) in [6.45, 7) is 0.792. The van der Waals surface area contributed by atoms with Crippen LogP contribution in [-0.4, -0.2) is 17.6 Å². The Hall–Kier alpha value is -1.71. The van der Waals surface area contributed by atoms with Crippen LogP contribution >= 0.6 is 0 Å². The van der Waals surface area contributed by atoms with Gasteiger partial charge in [0, 0.05) is 5.56 Å². The fraction of sp³-hybridized carbons (Fsp3) is 0.533. The van der Waals surface area contributed by atoms with Crippen molar-refractivity contribution in [3.05, 3.63) is 29.8 Å². The van der Waals surface area contributed by atoms with E-state index in [-0.39, 0.29) is 5.84 Å². The Kier molecular flexibility index (Phi) is 3.32. The van der Waals surface area contributed by atoms with Gasteiger partial charge in [0.15, 0.2) is 5.84 Å². The number of benzene rings is 1. The first kappa shape index (κ1) is 12.3.